The second-order valence-corrected chi connectivity index (χ2v) is 4.16. The van der Waals surface area contributed by atoms with Gasteiger partial charge in [0.05, 0.1) is 4.92 Å². The molecule has 0 atom stereocenters. The van der Waals surface area contributed by atoms with Crippen LogP contribution in [0, 0.1) is 10.1 Å². The van der Waals surface area contributed by atoms with Crippen molar-refractivity contribution in [3.8, 4) is 11.3 Å². The molecule has 0 amide bonds. The van der Waals surface area contributed by atoms with Crippen molar-refractivity contribution in [2.45, 2.75) is 6.92 Å². The van der Waals surface area contributed by atoms with Crippen molar-refractivity contribution in [2.24, 2.45) is 0 Å². The summed E-state index contributed by atoms with van der Waals surface area (Å²) in [6, 6.07) is 6.77. The minimum atomic E-state index is -0.508. The largest absolute Gasteiger partial charge is 0.354 e. The number of nitrogens with one attached hydrogen (secondary N) is 1. The third kappa shape index (κ3) is 2.97. The first-order valence-electron chi connectivity index (χ1n) is 5.63. The molecule has 98 valence electrons. The van der Waals surface area contributed by atoms with Crippen LogP contribution in [-0.4, -0.2) is 21.4 Å². The molecule has 1 aromatic heterocycles. The number of aromatic nitrogens is 2. The van der Waals surface area contributed by atoms with Gasteiger partial charge in [-0.3, -0.25) is 10.1 Å². The number of nitro groups is 1. The fraction of sp³-hybridized carbons (Fsp3) is 0.167. The summed E-state index contributed by atoms with van der Waals surface area (Å²) in [6.45, 7) is 2.52. The van der Waals surface area contributed by atoms with Gasteiger partial charge in [0.25, 0.3) is 0 Å². The van der Waals surface area contributed by atoms with Crippen molar-refractivity contribution in [1.82, 2.24) is 9.97 Å². The number of hydrogen-bond acceptors (Lipinski definition) is 5. The molecule has 0 spiro atoms. The van der Waals surface area contributed by atoms with Crippen molar-refractivity contribution in [2.75, 3.05) is 11.9 Å². The molecule has 0 fully saturated rings. The van der Waals surface area contributed by atoms with E-state index in [0.29, 0.717) is 23.1 Å². The molecule has 0 aliphatic rings. The molecule has 0 aliphatic carbocycles. The van der Waals surface area contributed by atoms with Crippen LogP contribution >= 0.6 is 11.6 Å². The van der Waals surface area contributed by atoms with Gasteiger partial charge in [0, 0.05) is 17.1 Å². The summed E-state index contributed by atoms with van der Waals surface area (Å²) in [7, 11) is 0. The van der Waals surface area contributed by atoms with Crippen LogP contribution in [0.4, 0.5) is 11.6 Å². The van der Waals surface area contributed by atoms with E-state index in [2.05, 4.69) is 15.3 Å². The maximum absolute atomic E-state index is 11.0. The molecule has 0 radical (unpaired) electrons. The Balaban J connectivity index is 2.57. The van der Waals surface area contributed by atoms with Crippen LogP contribution in [0.25, 0.3) is 11.3 Å². The summed E-state index contributed by atoms with van der Waals surface area (Å²) in [6.07, 6.45) is 1.20. The van der Waals surface area contributed by atoms with Crippen molar-refractivity contribution in [3.63, 3.8) is 0 Å². The third-order valence-electron chi connectivity index (χ3n) is 2.40. The fourth-order valence-corrected chi connectivity index (χ4v) is 1.79. The van der Waals surface area contributed by atoms with Crippen LogP contribution in [0.5, 0.6) is 0 Å². The lowest BCUT2D eigenvalue weighted by molar-refractivity contribution is -0.384. The highest BCUT2D eigenvalue weighted by Crippen LogP contribution is 2.29. The van der Waals surface area contributed by atoms with E-state index in [1.54, 1.807) is 24.3 Å². The molecule has 1 N–H and O–H groups in total. The summed E-state index contributed by atoms with van der Waals surface area (Å²) in [5, 5.41) is 14.4. The molecule has 2 rings (SSSR count). The highest BCUT2D eigenvalue weighted by molar-refractivity contribution is 6.30. The Labute approximate surface area is 114 Å². The van der Waals surface area contributed by atoms with Gasteiger partial charge in [0.15, 0.2) is 5.69 Å². The van der Waals surface area contributed by atoms with Gasteiger partial charge < -0.3 is 5.32 Å². The molecule has 2 aromatic rings. The molecule has 0 aliphatic heterocycles. The highest BCUT2D eigenvalue weighted by Gasteiger charge is 2.18. The van der Waals surface area contributed by atoms with E-state index in [-0.39, 0.29) is 11.4 Å². The average Bonchev–Trinajstić information content (AvgIpc) is 2.39. The van der Waals surface area contributed by atoms with E-state index in [1.165, 1.54) is 6.20 Å². The van der Waals surface area contributed by atoms with Gasteiger partial charge in [0.2, 0.25) is 5.95 Å². The van der Waals surface area contributed by atoms with Gasteiger partial charge in [-0.15, -0.1) is 0 Å². The minimum absolute atomic E-state index is 0.149. The van der Waals surface area contributed by atoms with Gasteiger partial charge in [-0.05, 0) is 19.1 Å². The maximum Gasteiger partial charge on any atom is 0.313 e. The van der Waals surface area contributed by atoms with E-state index in [0.717, 1.165) is 0 Å². The summed E-state index contributed by atoms with van der Waals surface area (Å²) in [4.78, 5) is 18.6. The zero-order valence-corrected chi connectivity index (χ0v) is 10.9. The van der Waals surface area contributed by atoms with Gasteiger partial charge >= 0.3 is 5.69 Å². The van der Waals surface area contributed by atoms with Crippen LogP contribution in [0.2, 0.25) is 5.02 Å². The van der Waals surface area contributed by atoms with Crippen molar-refractivity contribution in [1.29, 1.82) is 0 Å². The van der Waals surface area contributed by atoms with Crippen LogP contribution in [-0.2, 0) is 0 Å². The molecule has 0 saturated heterocycles. The number of benzene rings is 1. The molecular weight excluding hydrogens is 268 g/mol. The Bertz CT molecular complexity index is 618. The molecule has 0 unspecified atom stereocenters. The molecule has 19 heavy (non-hydrogen) atoms. The van der Waals surface area contributed by atoms with Gasteiger partial charge in [-0.25, -0.2) is 9.97 Å². The van der Waals surface area contributed by atoms with E-state index in [1.807, 2.05) is 6.92 Å². The highest BCUT2D eigenvalue weighted by atomic mass is 35.5. The van der Waals surface area contributed by atoms with Gasteiger partial charge in [0.1, 0.15) is 6.20 Å². The van der Waals surface area contributed by atoms with Crippen molar-refractivity contribution in [3.05, 3.63) is 45.6 Å². The number of hydrogen-bond donors (Lipinski definition) is 1. The number of rotatable bonds is 4. The van der Waals surface area contributed by atoms with Crippen LogP contribution in [0.3, 0.4) is 0 Å². The maximum atomic E-state index is 11.0. The normalized spacial score (nSPS) is 10.2. The molecule has 1 heterocycles. The summed E-state index contributed by atoms with van der Waals surface area (Å²) in [5.74, 6) is 0.350. The lowest BCUT2D eigenvalue weighted by atomic mass is 10.1. The summed E-state index contributed by atoms with van der Waals surface area (Å²) < 4.78 is 0. The average molecular weight is 279 g/mol. The van der Waals surface area contributed by atoms with Gasteiger partial charge in [-0.1, -0.05) is 23.7 Å². The number of nitrogens with zero attached hydrogens (tertiary/aromatic N) is 3. The van der Waals surface area contributed by atoms with E-state index in [4.69, 9.17) is 11.6 Å². The monoisotopic (exact) mass is 278 g/mol. The molecule has 0 saturated carbocycles. The number of anilines is 1. The Morgan fingerprint density at radius 1 is 1.47 bits per heavy atom. The Kier molecular flexibility index (Phi) is 3.91. The zero-order chi connectivity index (χ0) is 13.8. The third-order valence-corrected chi connectivity index (χ3v) is 2.63. The second kappa shape index (κ2) is 5.62. The predicted octanol–water partition coefficient (Wildman–Crippen LogP) is 3.14. The quantitative estimate of drug-likeness (QED) is 0.686. The Morgan fingerprint density at radius 2 is 2.26 bits per heavy atom. The Hall–Kier alpha value is -2.21. The van der Waals surface area contributed by atoms with Crippen molar-refractivity contribution < 1.29 is 4.92 Å². The molecule has 1 aromatic carbocycles. The molecule has 7 heteroatoms. The number of halogens is 1. The van der Waals surface area contributed by atoms with Gasteiger partial charge in [-0.2, -0.15) is 0 Å². The fourth-order valence-electron chi connectivity index (χ4n) is 1.60. The van der Waals surface area contributed by atoms with Crippen LogP contribution in [0.1, 0.15) is 6.92 Å². The SMILES string of the molecule is CCNc1ncc([N+](=O)[O-])c(-c2cccc(Cl)c2)n1. The van der Waals surface area contributed by atoms with Crippen LogP contribution < -0.4 is 5.32 Å². The summed E-state index contributed by atoms with van der Waals surface area (Å²) in [5.41, 5.74) is 0.683. The Morgan fingerprint density at radius 3 is 2.89 bits per heavy atom. The zero-order valence-electron chi connectivity index (χ0n) is 10.1. The first-order chi connectivity index (χ1) is 9.11. The second-order valence-electron chi connectivity index (χ2n) is 3.73. The topological polar surface area (TPSA) is 81.0 Å². The van der Waals surface area contributed by atoms with Crippen LogP contribution in [0.15, 0.2) is 30.5 Å². The minimum Gasteiger partial charge on any atom is -0.354 e. The molecule has 6 nitrogen and oxygen atoms in total. The molecular formula is C12H11ClN4O2. The molecule has 0 bridgehead atoms. The smallest absolute Gasteiger partial charge is 0.313 e. The lowest BCUT2D eigenvalue weighted by Crippen LogP contribution is -2.04. The lowest BCUT2D eigenvalue weighted by Gasteiger charge is -2.06. The summed E-state index contributed by atoms with van der Waals surface area (Å²) >= 11 is 5.90. The standard InChI is InChI=1S/C12H11ClN4O2/c1-2-14-12-15-7-10(17(18)19)11(16-12)8-4-3-5-9(13)6-8/h3-7H,2H2,1H3,(H,14,15,16). The first-order valence-corrected chi connectivity index (χ1v) is 6.01. The van der Waals surface area contributed by atoms with E-state index < -0.39 is 4.92 Å². The van der Waals surface area contributed by atoms with E-state index in [9.17, 15) is 10.1 Å². The van der Waals surface area contributed by atoms with E-state index >= 15 is 0 Å². The van der Waals surface area contributed by atoms with Crippen molar-refractivity contribution >= 4 is 23.2 Å². The predicted molar refractivity (Wildman–Crippen MR) is 73.3 cm³/mol. The first kappa shape index (κ1) is 13.2.